The Bertz CT molecular complexity index is 676. The van der Waals surface area contributed by atoms with Crippen LogP contribution in [-0.4, -0.2) is 49.9 Å². The summed E-state index contributed by atoms with van der Waals surface area (Å²) in [4.78, 5) is 24.8. The maximum absolute atomic E-state index is 12.4. The highest BCUT2D eigenvalue weighted by Crippen LogP contribution is 2.29. The van der Waals surface area contributed by atoms with Crippen molar-refractivity contribution < 1.29 is 27.5 Å². The van der Waals surface area contributed by atoms with E-state index in [1.165, 1.54) is 31.0 Å². The standard InChI is InChI=1S/C13H18N2O6S/c1-8(13(17)18)7-15(9-3-4-9)12(16)10-5-6-11(21-10)22(19,20)14-2/h5-6,8-9,14H,3-4,7H2,1-2H3,(H,17,18). The first-order chi connectivity index (χ1) is 10.3. The van der Waals surface area contributed by atoms with E-state index in [4.69, 9.17) is 9.52 Å². The number of carbonyl (C=O) groups is 2. The van der Waals surface area contributed by atoms with E-state index in [1.807, 2.05) is 0 Å². The van der Waals surface area contributed by atoms with Crippen LogP contribution in [0.2, 0.25) is 0 Å². The summed E-state index contributed by atoms with van der Waals surface area (Å²) in [5.74, 6) is -2.30. The van der Waals surface area contributed by atoms with Crippen LogP contribution in [0.3, 0.4) is 0 Å². The van der Waals surface area contributed by atoms with Crippen molar-refractivity contribution in [3.8, 4) is 0 Å². The van der Waals surface area contributed by atoms with Crippen molar-refractivity contribution in [3.63, 3.8) is 0 Å². The monoisotopic (exact) mass is 330 g/mol. The first kappa shape index (κ1) is 16.5. The molecule has 0 spiro atoms. The fraction of sp³-hybridized carbons (Fsp3) is 0.538. The molecule has 1 fully saturated rings. The molecule has 0 aromatic carbocycles. The summed E-state index contributed by atoms with van der Waals surface area (Å²) in [5, 5.41) is 8.63. The van der Waals surface area contributed by atoms with Gasteiger partial charge in [0.2, 0.25) is 5.09 Å². The molecule has 1 atom stereocenters. The average Bonchev–Trinajstić information content (AvgIpc) is 3.18. The van der Waals surface area contributed by atoms with Gasteiger partial charge < -0.3 is 14.4 Å². The average molecular weight is 330 g/mol. The quantitative estimate of drug-likeness (QED) is 0.752. The van der Waals surface area contributed by atoms with Crippen LogP contribution in [0.4, 0.5) is 0 Å². The Hall–Kier alpha value is -1.87. The van der Waals surface area contributed by atoms with Gasteiger partial charge in [0.1, 0.15) is 0 Å². The number of hydrogen-bond donors (Lipinski definition) is 2. The molecule has 0 bridgehead atoms. The SMILES string of the molecule is CNS(=O)(=O)c1ccc(C(=O)N(CC(C)C(=O)O)C2CC2)o1. The molecule has 0 aliphatic heterocycles. The highest BCUT2D eigenvalue weighted by Gasteiger charge is 2.36. The molecule has 0 radical (unpaired) electrons. The molecule has 1 amide bonds. The minimum absolute atomic E-state index is 0.0104. The number of amides is 1. The first-order valence-corrected chi connectivity index (χ1v) is 8.31. The number of nitrogens with one attached hydrogen (secondary N) is 1. The molecule has 9 heteroatoms. The Kier molecular flexibility index (Phi) is 4.57. The van der Waals surface area contributed by atoms with Gasteiger partial charge >= 0.3 is 5.97 Å². The molecule has 22 heavy (non-hydrogen) atoms. The van der Waals surface area contributed by atoms with E-state index in [-0.39, 0.29) is 23.4 Å². The van der Waals surface area contributed by atoms with Crippen LogP contribution in [-0.2, 0) is 14.8 Å². The summed E-state index contributed by atoms with van der Waals surface area (Å²) in [5.41, 5.74) is 0. The molecule has 2 N–H and O–H groups in total. The lowest BCUT2D eigenvalue weighted by molar-refractivity contribution is -0.141. The molecular formula is C13H18N2O6S. The van der Waals surface area contributed by atoms with Crippen molar-refractivity contribution in [3.05, 3.63) is 17.9 Å². The van der Waals surface area contributed by atoms with E-state index in [0.717, 1.165) is 12.8 Å². The number of carboxylic acid groups (broad SMARTS) is 1. The summed E-state index contributed by atoms with van der Waals surface area (Å²) in [7, 11) is -2.52. The zero-order valence-electron chi connectivity index (χ0n) is 12.3. The van der Waals surface area contributed by atoms with Crippen molar-refractivity contribution in [2.24, 2.45) is 5.92 Å². The Morgan fingerprint density at radius 1 is 1.45 bits per heavy atom. The fourth-order valence-corrected chi connectivity index (χ4v) is 2.63. The van der Waals surface area contributed by atoms with Gasteiger partial charge in [-0.1, -0.05) is 6.92 Å². The maximum atomic E-state index is 12.4. The molecule has 1 aromatic rings. The van der Waals surface area contributed by atoms with E-state index < -0.39 is 27.8 Å². The van der Waals surface area contributed by atoms with E-state index in [9.17, 15) is 18.0 Å². The molecule has 8 nitrogen and oxygen atoms in total. The maximum Gasteiger partial charge on any atom is 0.308 e. The molecule has 1 aliphatic rings. The smallest absolute Gasteiger partial charge is 0.308 e. The normalized spacial score (nSPS) is 16.3. The first-order valence-electron chi connectivity index (χ1n) is 6.83. The van der Waals surface area contributed by atoms with Crippen LogP contribution in [0.15, 0.2) is 21.6 Å². The lowest BCUT2D eigenvalue weighted by Crippen LogP contribution is -2.38. The number of hydrogen-bond acceptors (Lipinski definition) is 5. The molecular weight excluding hydrogens is 312 g/mol. The summed E-state index contributed by atoms with van der Waals surface area (Å²) >= 11 is 0. The summed E-state index contributed by atoms with van der Waals surface area (Å²) < 4.78 is 30.4. The van der Waals surface area contributed by atoms with E-state index >= 15 is 0 Å². The van der Waals surface area contributed by atoms with Gasteiger partial charge in [-0.25, -0.2) is 13.1 Å². The molecule has 122 valence electrons. The molecule has 0 saturated heterocycles. The molecule has 1 aliphatic carbocycles. The highest BCUT2D eigenvalue weighted by atomic mass is 32.2. The summed E-state index contributed by atoms with van der Waals surface area (Å²) in [6.07, 6.45) is 1.61. The van der Waals surface area contributed by atoms with Crippen molar-refractivity contribution in [1.29, 1.82) is 0 Å². The van der Waals surface area contributed by atoms with Gasteiger partial charge in [-0.3, -0.25) is 9.59 Å². The number of carboxylic acids is 1. The lowest BCUT2D eigenvalue weighted by Gasteiger charge is -2.23. The minimum atomic E-state index is -3.76. The van der Waals surface area contributed by atoms with Gasteiger partial charge in [0.15, 0.2) is 5.76 Å². The number of aliphatic carboxylic acids is 1. The second-order valence-corrected chi connectivity index (χ2v) is 7.07. The number of furan rings is 1. The zero-order chi connectivity index (χ0) is 16.5. The van der Waals surface area contributed by atoms with E-state index in [0.29, 0.717) is 0 Å². The van der Waals surface area contributed by atoms with Crippen LogP contribution in [0.1, 0.15) is 30.3 Å². The minimum Gasteiger partial charge on any atom is -0.481 e. The van der Waals surface area contributed by atoms with Gasteiger partial charge in [-0.2, -0.15) is 0 Å². The Morgan fingerprint density at radius 2 is 2.09 bits per heavy atom. The number of sulfonamides is 1. The van der Waals surface area contributed by atoms with Crippen LogP contribution in [0.5, 0.6) is 0 Å². The lowest BCUT2D eigenvalue weighted by atomic mass is 10.1. The van der Waals surface area contributed by atoms with Gasteiger partial charge in [0.25, 0.3) is 15.9 Å². The molecule has 1 unspecified atom stereocenters. The van der Waals surface area contributed by atoms with Crippen molar-refractivity contribution in [2.45, 2.75) is 30.9 Å². The Labute approximate surface area is 128 Å². The van der Waals surface area contributed by atoms with E-state index in [1.54, 1.807) is 0 Å². The molecule has 2 rings (SSSR count). The van der Waals surface area contributed by atoms with Gasteiger partial charge in [-0.15, -0.1) is 0 Å². The van der Waals surface area contributed by atoms with Gasteiger partial charge in [0, 0.05) is 12.6 Å². The van der Waals surface area contributed by atoms with E-state index in [2.05, 4.69) is 4.72 Å². The molecule has 1 heterocycles. The van der Waals surface area contributed by atoms with Crippen molar-refractivity contribution >= 4 is 21.9 Å². The summed E-state index contributed by atoms with van der Waals surface area (Å²) in [6, 6.07) is 2.47. The number of carbonyl (C=O) groups excluding carboxylic acids is 1. The third-order valence-corrected chi connectivity index (χ3v) is 4.75. The van der Waals surface area contributed by atoms with Crippen LogP contribution >= 0.6 is 0 Å². The topological polar surface area (TPSA) is 117 Å². The van der Waals surface area contributed by atoms with Crippen molar-refractivity contribution in [2.75, 3.05) is 13.6 Å². The third kappa shape index (κ3) is 3.47. The summed E-state index contributed by atoms with van der Waals surface area (Å²) in [6.45, 7) is 1.58. The van der Waals surface area contributed by atoms with Gasteiger partial charge in [-0.05, 0) is 32.0 Å². The van der Waals surface area contributed by atoms with Crippen molar-refractivity contribution in [1.82, 2.24) is 9.62 Å². The van der Waals surface area contributed by atoms with Crippen LogP contribution < -0.4 is 4.72 Å². The predicted octanol–water partition coefficient (Wildman–Crippen LogP) is 0.513. The second kappa shape index (κ2) is 6.09. The second-order valence-electron chi connectivity index (χ2n) is 5.25. The number of nitrogens with zero attached hydrogens (tertiary/aromatic N) is 1. The largest absolute Gasteiger partial charge is 0.481 e. The zero-order valence-corrected chi connectivity index (χ0v) is 13.1. The Morgan fingerprint density at radius 3 is 2.59 bits per heavy atom. The molecule has 1 saturated carbocycles. The van der Waals surface area contributed by atoms with Gasteiger partial charge in [0.05, 0.1) is 5.92 Å². The molecule has 1 aromatic heterocycles. The Balaban J connectivity index is 2.19. The fourth-order valence-electron chi connectivity index (χ4n) is 1.98. The highest BCUT2D eigenvalue weighted by molar-refractivity contribution is 7.89. The van der Waals surface area contributed by atoms with Crippen LogP contribution in [0.25, 0.3) is 0 Å². The third-order valence-electron chi connectivity index (χ3n) is 3.47. The number of rotatable bonds is 7. The van der Waals surface area contributed by atoms with Crippen LogP contribution in [0, 0.1) is 5.92 Å². The predicted molar refractivity (Wildman–Crippen MR) is 75.8 cm³/mol.